The van der Waals surface area contributed by atoms with Gasteiger partial charge in [0.1, 0.15) is 0 Å². The topological polar surface area (TPSA) is 210 Å². The molecule has 0 bridgehead atoms. The van der Waals surface area contributed by atoms with Crippen molar-refractivity contribution in [3.63, 3.8) is 0 Å². The van der Waals surface area contributed by atoms with Crippen molar-refractivity contribution < 1.29 is 16.5 Å². The van der Waals surface area contributed by atoms with E-state index in [1.54, 1.807) is 0 Å². The van der Waals surface area contributed by atoms with Gasteiger partial charge in [-0.1, -0.05) is 0 Å². The molecule has 72 valence electrons. The average Bonchev–Trinajstić information content (AvgIpc) is 1.00. The standard InChI is InChI=1S/Cl2.6H3N.Ni/c1-2;;;;;;;/h;6*1H3;. The minimum Gasteiger partial charge on any atom is -0.344 e. The molecule has 9 heavy (non-hydrogen) atoms. The maximum absolute atomic E-state index is 4.11. The van der Waals surface area contributed by atoms with Gasteiger partial charge in [0.05, 0.1) is 0 Å². The van der Waals surface area contributed by atoms with E-state index in [4.69, 9.17) is 0 Å². The summed E-state index contributed by atoms with van der Waals surface area (Å²) in [5.41, 5.74) is 0. The van der Waals surface area contributed by atoms with E-state index in [1.165, 1.54) is 0 Å². The molecule has 9 heteroatoms. The molecular formula is H18Cl2N6Ni. The monoisotopic (exact) mass is 230 g/mol. The molecule has 18 N–H and O–H groups in total. The molecule has 0 saturated heterocycles. The first-order chi connectivity index (χ1) is 1.00. The van der Waals surface area contributed by atoms with Crippen molar-refractivity contribution >= 4 is 21.7 Å². The molecule has 0 rings (SSSR count). The Morgan fingerprint density at radius 1 is 0.444 bits per heavy atom. The summed E-state index contributed by atoms with van der Waals surface area (Å²) in [7, 11) is 8.22. The normalized spacial score (nSPS) is 0.667. The molecule has 0 aliphatic carbocycles. The van der Waals surface area contributed by atoms with Gasteiger partial charge in [-0.2, -0.15) is 0 Å². The summed E-state index contributed by atoms with van der Waals surface area (Å²) in [6.07, 6.45) is 0. The van der Waals surface area contributed by atoms with Crippen molar-refractivity contribution in [2.75, 3.05) is 0 Å². The second-order valence-corrected chi connectivity index (χ2v) is 0. The van der Waals surface area contributed by atoms with E-state index < -0.39 is 0 Å². The molecule has 0 aliphatic rings. The van der Waals surface area contributed by atoms with Crippen molar-refractivity contribution in [3.05, 3.63) is 0 Å². The molecule has 0 amide bonds. The third kappa shape index (κ3) is 594. The second-order valence-electron chi connectivity index (χ2n) is 0. The Morgan fingerprint density at radius 2 is 0.444 bits per heavy atom. The maximum Gasteiger partial charge on any atom is 0 e. The molecule has 6 nitrogen and oxygen atoms in total. The van der Waals surface area contributed by atoms with Crippen LogP contribution in [0.25, 0.3) is 0 Å². The van der Waals surface area contributed by atoms with Gasteiger partial charge >= 0.3 is 0 Å². The molecule has 0 unspecified atom stereocenters. The van der Waals surface area contributed by atoms with Crippen LogP contribution in [0.3, 0.4) is 0 Å². The first-order valence-electron chi connectivity index (χ1n) is 0.143. The van der Waals surface area contributed by atoms with Gasteiger partial charge in [-0.05, 0) is 0 Å². The average molecular weight is 232 g/mol. The molecule has 0 aromatic rings. The second kappa shape index (κ2) is 780. The van der Waals surface area contributed by atoms with Crippen LogP contribution in [-0.4, -0.2) is 0 Å². The third-order valence-corrected chi connectivity index (χ3v) is 0. The molecule has 0 aromatic heterocycles. The minimum absolute atomic E-state index is 0. The van der Waals surface area contributed by atoms with Crippen LogP contribution in [0.2, 0.25) is 0 Å². The van der Waals surface area contributed by atoms with Crippen LogP contribution in [0.1, 0.15) is 0 Å². The Hall–Kier alpha value is 0.834. The zero-order chi connectivity index (χ0) is 2.00. The molecule has 0 fully saturated rings. The van der Waals surface area contributed by atoms with E-state index in [2.05, 4.69) is 21.7 Å². The predicted octanol–water partition coefficient (Wildman–Crippen LogP) is 2.35. The largest absolute Gasteiger partial charge is 0.344 e. The van der Waals surface area contributed by atoms with Gasteiger partial charge in [0.2, 0.25) is 0 Å². The van der Waals surface area contributed by atoms with Crippen LogP contribution in [0.5, 0.6) is 0 Å². The Morgan fingerprint density at radius 3 is 0.444 bits per heavy atom. The minimum atomic E-state index is 0. The van der Waals surface area contributed by atoms with Crippen LogP contribution in [-0.2, 0) is 16.5 Å². The molecular weight excluding hydrogens is 214 g/mol. The smallest absolute Gasteiger partial charge is 0 e. The molecule has 0 aliphatic heterocycles. The van der Waals surface area contributed by atoms with Gasteiger partial charge in [-0.15, -0.1) is 0 Å². The van der Waals surface area contributed by atoms with Crippen molar-refractivity contribution in [3.8, 4) is 0 Å². The molecule has 0 saturated carbocycles. The van der Waals surface area contributed by atoms with Crippen LogP contribution in [0.4, 0.5) is 0 Å². The SMILES string of the molecule is ClCl.N.N.N.N.N.N.[Ni]. The van der Waals surface area contributed by atoms with Crippen LogP contribution in [0.15, 0.2) is 0 Å². The summed E-state index contributed by atoms with van der Waals surface area (Å²) in [6.45, 7) is 0. The molecule has 0 atom stereocenters. The quantitative estimate of drug-likeness (QED) is 0.344. The summed E-state index contributed by atoms with van der Waals surface area (Å²) in [6, 6.07) is 0. The third-order valence-electron chi connectivity index (χ3n) is 0. The fourth-order valence-corrected chi connectivity index (χ4v) is 0. The van der Waals surface area contributed by atoms with Gasteiger partial charge in [0.25, 0.3) is 0 Å². The molecule has 0 spiro atoms. The van der Waals surface area contributed by atoms with E-state index in [9.17, 15) is 0 Å². The first kappa shape index (κ1) is 228. The van der Waals surface area contributed by atoms with Crippen LogP contribution < -0.4 is 36.9 Å². The molecule has 0 aromatic carbocycles. The van der Waals surface area contributed by atoms with E-state index in [1.807, 2.05) is 0 Å². The zero-order valence-corrected chi connectivity index (χ0v) is 7.81. The summed E-state index contributed by atoms with van der Waals surface area (Å²) in [5.74, 6) is 0. The summed E-state index contributed by atoms with van der Waals surface area (Å²) in [4.78, 5) is 0. The molecule has 0 radical (unpaired) electrons. The summed E-state index contributed by atoms with van der Waals surface area (Å²) >= 11 is 0. The van der Waals surface area contributed by atoms with Gasteiger partial charge in [0.15, 0.2) is 0 Å². The Labute approximate surface area is 75.4 Å². The first-order valence-corrected chi connectivity index (χ1v) is 1.29. The van der Waals surface area contributed by atoms with E-state index >= 15 is 0 Å². The number of hydrogen-bond acceptors (Lipinski definition) is 6. The Bertz CT molecular complexity index is 11.0. The Kier molecular flexibility index (Phi) is 19800. The van der Waals surface area contributed by atoms with E-state index in [0.29, 0.717) is 0 Å². The summed E-state index contributed by atoms with van der Waals surface area (Å²) in [5, 5.41) is 0. The number of halogens is 2. The number of rotatable bonds is 0. The van der Waals surface area contributed by atoms with Crippen LogP contribution >= 0.6 is 21.7 Å². The van der Waals surface area contributed by atoms with Crippen molar-refractivity contribution in [2.24, 2.45) is 0 Å². The summed E-state index contributed by atoms with van der Waals surface area (Å²) < 4.78 is 0. The number of hydrogen-bond donors (Lipinski definition) is 6. The maximum atomic E-state index is 4.11. The van der Waals surface area contributed by atoms with Gasteiger partial charge in [-0.3, -0.25) is 0 Å². The fraction of sp³-hybridized carbons (Fsp3) is 0. The predicted molar refractivity (Wildman–Crippen MR) is 41.8 cm³/mol. The van der Waals surface area contributed by atoms with Crippen LogP contribution in [0, 0.1) is 0 Å². The van der Waals surface area contributed by atoms with Crippen molar-refractivity contribution in [1.29, 1.82) is 0 Å². The van der Waals surface area contributed by atoms with Crippen molar-refractivity contribution in [2.45, 2.75) is 0 Å². The fourth-order valence-electron chi connectivity index (χ4n) is 0. The zero-order valence-electron chi connectivity index (χ0n) is 5.31. The van der Waals surface area contributed by atoms with E-state index in [0.717, 1.165) is 0 Å². The Balaban J connectivity index is -0.000000000238. The van der Waals surface area contributed by atoms with E-state index in [-0.39, 0.29) is 53.4 Å². The van der Waals surface area contributed by atoms with Gasteiger partial charge < -0.3 is 36.9 Å². The van der Waals surface area contributed by atoms with Gasteiger partial charge in [-0.25, -0.2) is 0 Å². The van der Waals surface area contributed by atoms with Crippen molar-refractivity contribution in [1.82, 2.24) is 36.9 Å². The molecule has 0 heterocycles. The van der Waals surface area contributed by atoms with Gasteiger partial charge in [0, 0.05) is 38.2 Å².